The summed E-state index contributed by atoms with van der Waals surface area (Å²) in [4.78, 5) is 9.19. The SMILES string of the molecule is CCNc1nc(-c2ccc(OC)cc2OC)nc(C)c1C. The Balaban J connectivity index is 2.56. The van der Waals surface area contributed by atoms with E-state index in [-0.39, 0.29) is 0 Å². The summed E-state index contributed by atoms with van der Waals surface area (Å²) in [5.41, 5.74) is 2.86. The third-order valence-corrected chi connectivity index (χ3v) is 3.38. The van der Waals surface area contributed by atoms with Gasteiger partial charge in [0.05, 0.1) is 19.8 Å². The molecule has 1 aromatic carbocycles. The van der Waals surface area contributed by atoms with Gasteiger partial charge in [-0.15, -0.1) is 0 Å². The van der Waals surface area contributed by atoms with E-state index in [0.29, 0.717) is 11.6 Å². The van der Waals surface area contributed by atoms with Crippen molar-refractivity contribution in [1.29, 1.82) is 0 Å². The molecule has 1 N–H and O–H groups in total. The molecule has 2 rings (SSSR count). The number of rotatable bonds is 5. The molecule has 5 heteroatoms. The minimum absolute atomic E-state index is 0.647. The van der Waals surface area contributed by atoms with Crippen molar-refractivity contribution in [2.75, 3.05) is 26.1 Å². The maximum atomic E-state index is 5.43. The molecule has 21 heavy (non-hydrogen) atoms. The highest BCUT2D eigenvalue weighted by Crippen LogP contribution is 2.32. The number of ether oxygens (including phenoxy) is 2. The summed E-state index contributed by atoms with van der Waals surface area (Å²) in [6, 6.07) is 5.63. The van der Waals surface area contributed by atoms with Crippen LogP contribution in [0.1, 0.15) is 18.2 Å². The number of hydrogen-bond donors (Lipinski definition) is 1. The summed E-state index contributed by atoms with van der Waals surface area (Å²) in [7, 11) is 3.26. The van der Waals surface area contributed by atoms with Crippen LogP contribution in [-0.4, -0.2) is 30.7 Å². The molecule has 0 atom stereocenters. The molecule has 1 heterocycles. The predicted octanol–water partition coefficient (Wildman–Crippen LogP) is 3.21. The Kier molecular flexibility index (Phi) is 4.62. The topological polar surface area (TPSA) is 56.3 Å². The zero-order valence-corrected chi connectivity index (χ0v) is 13.2. The van der Waals surface area contributed by atoms with E-state index in [1.54, 1.807) is 14.2 Å². The van der Waals surface area contributed by atoms with Crippen molar-refractivity contribution in [2.24, 2.45) is 0 Å². The highest BCUT2D eigenvalue weighted by molar-refractivity contribution is 5.67. The van der Waals surface area contributed by atoms with E-state index in [1.807, 2.05) is 39.0 Å². The van der Waals surface area contributed by atoms with Crippen LogP contribution in [0, 0.1) is 13.8 Å². The van der Waals surface area contributed by atoms with Gasteiger partial charge < -0.3 is 14.8 Å². The standard InChI is InChI=1S/C16H21N3O2/c1-6-17-15-10(2)11(3)18-16(19-15)13-8-7-12(20-4)9-14(13)21-5/h7-9H,6H2,1-5H3,(H,17,18,19). The highest BCUT2D eigenvalue weighted by Gasteiger charge is 2.14. The van der Waals surface area contributed by atoms with Crippen molar-refractivity contribution >= 4 is 5.82 Å². The second-order valence-corrected chi connectivity index (χ2v) is 4.70. The van der Waals surface area contributed by atoms with Crippen molar-refractivity contribution in [3.63, 3.8) is 0 Å². The van der Waals surface area contributed by atoms with Crippen molar-refractivity contribution < 1.29 is 9.47 Å². The third kappa shape index (κ3) is 3.07. The Bertz CT molecular complexity index is 642. The number of anilines is 1. The molecule has 5 nitrogen and oxygen atoms in total. The number of aromatic nitrogens is 2. The summed E-state index contributed by atoms with van der Waals surface area (Å²) < 4.78 is 10.7. The Labute approximate surface area is 125 Å². The number of nitrogens with one attached hydrogen (secondary N) is 1. The molecule has 0 spiro atoms. The van der Waals surface area contributed by atoms with Crippen molar-refractivity contribution in [1.82, 2.24) is 9.97 Å². The van der Waals surface area contributed by atoms with E-state index in [0.717, 1.165) is 34.9 Å². The van der Waals surface area contributed by atoms with Gasteiger partial charge in [-0.1, -0.05) is 0 Å². The molecule has 0 aliphatic rings. The van der Waals surface area contributed by atoms with E-state index in [2.05, 4.69) is 15.3 Å². The van der Waals surface area contributed by atoms with E-state index in [1.165, 1.54) is 0 Å². The van der Waals surface area contributed by atoms with E-state index in [4.69, 9.17) is 9.47 Å². The zero-order chi connectivity index (χ0) is 15.4. The van der Waals surface area contributed by atoms with Gasteiger partial charge >= 0.3 is 0 Å². The van der Waals surface area contributed by atoms with Gasteiger partial charge in [-0.25, -0.2) is 9.97 Å². The maximum absolute atomic E-state index is 5.43. The molecule has 0 unspecified atom stereocenters. The van der Waals surface area contributed by atoms with Crippen LogP contribution in [-0.2, 0) is 0 Å². The van der Waals surface area contributed by atoms with Crippen LogP contribution in [0.3, 0.4) is 0 Å². The first-order valence-corrected chi connectivity index (χ1v) is 6.92. The number of methoxy groups -OCH3 is 2. The van der Waals surface area contributed by atoms with Crippen LogP contribution in [0.5, 0.6) is 11.5 Å². The first-order valence-electron chi connectivity index (χ1n) is 6.92. The Morgan fingerprint density at radius 3 is 2.48 bits per heavy atom. The van der Waals surface area contributed by atoms with Gasteiger partial charge in [-0.2, -0.15) is 0 Å². The first-order chi connectivity index (χ1) is 10.1. The van der Waals surface area contributed by atoms with Crippen LogP contribution < -0.4 is 14.8 Å². The fourth-order valence-corrected chi connectivity index (χ4v) is 2.07. The normalized spacial score (nSPS) is 10.3. The van der Waals surface area contributed by atoms with Crippen LogP contribution in [0.25, 0.3) is 11.4 Å². The average molecular weight is 287 g/mol. The molecule has 0 fully saturated rings. The molecule has 0 aliphatic carbocycles. The molecule has 0 bridgehead atoms. The zero-order valence-electron chi connectivity index (χ0n) is 13.2. The lowest BCUT2D eigenvalue weighted by molar-refractivity contribution is 0.395. The van der Waals surface area contributed by atoms with Gasteiger partial charge in [0.2, 0.25) is 0 Å². The van der Waals surface area contributed by atoms with Crippen molar-refractivity contribution in [2.45, 2.75) is 20.8 Å². The molecule has 0 aliphatic heterocycles. The molecule has 0 saturated carbocycles. The highest BCUT2D eigenvalue weighted by atomic mass is 16.5. The lowest BCUT2D eigenvalue weighted by Gasteiger charge is -2.13. The lowest BCUT2D eigenvalue weighted by atomic mass is 10.1. The van der Waals surface area contributed by atoms with Crippen molar-refractivity contribution in [3.8, 4) is 22.9 Å². The second-order valence-electron chi connectivity index (χ2n) is 4.70. The van der Waals surface area contributed by atoms with E-state index < -0.39 is 0 Å². The predicted molar refractivity (Wildman–Crippen MR) is 84.2 cm³/mol. The van der Waals surface area contributed by atoms with Crippen LogP contribution in [0.2, 0.25) is 0 Å². The number of benzene rings is 1. The number of aryl methyl sites for hydroxylation is 1. The summed E-state index contributed by atoms with van der Waals surface area (Å²) in [6.45, 7) is 6.86. The summed E-state index contributed by atoms with van der Waals surface area (Å²) >= 11 is 0. The minimum atomic E-state index is 0.647. The van der Waals surface area contributed by atoms with E-state index in [9.17, 15) is 0 Å². The quantitative estimate of drug-likeness (QED) is 0.915. The van der Waals surface area contributed by atoms with E-state index >= 15 is 0 Å². The van der Waals surface area contributed by atoms with Gasteiger partial charge in [0, 0.05) is 23.9 Å². The van der Waals surface area contributed by atoms with Gasteiger partial charge in [-0.05, 0) is 32.9 Å². The van der Waals surface area contributed by atoms with Crippen LogP contribution in [0.4, 0.5) is 5.82 Å². The average Bonchev–Trinajstić information content (AvgIpc) is 2.51. The van der Waals surface area contributed by atoms with Crippen LogP contribution >= 0.6 is 0 Å². The molecule has 2 aromatic rings. The van der Waals surface area contributed by atoms with Gasteiger partial charge in [0.15, 0.2) is 5.82 Å². The summed E-state index contributed by atoms with van der Waals surface area (Å²) in [6.07, 6.45) is 0. The monoisotopic (exact) mass is 287 g/mol. The fraction of sp³-hybridized carbons (Fsp3) is 0.375. The molecule has 0 saturated heterocycles. The second kappa shape index (κ2) is 6.43. The molecule has 112 valence electrons. The van der Waals surface area contributed by atoms with Gasteiger partial charge in [0.1, 0.15) is 17.3 Å². The maximum Gasteiger partial charge on any atom is 0.165 e. The number of nitrogens with zero attached hydrogens (tertiary/aromatic N) is 2. The number of hydrogen-bond acceptors (Lipinski definition) is 5. The van der Waals surface area contributed by atoms with Crippen LogP contribution in [0.15, 0.2) is 18.2 Å². The van der Waals surface area contributed by atoms with Gasteiger partial charge in [0.25, 0.3) is 0 Å². The fourth-order valence-electron chi connectivity index (χ4n) is 2.07. The third-order valence-electron chi connectivity index (χ3n) is 3.38. The molecular formula is C16H21N3O2. The van der Waals surface area contributed by atoms with Gasteiger partial charge in [-0.3, -0.25) is 0 Å². The Morgan fingerprint density at radius 2 is 1.86 bits per heavy atom. The summed E-state index contributed by atoms with van der Waals surface area (Å²) in [5, 5.41) is 3.27. The molecular weight excluding hydrogens is 266 g/mol. The Morgan fingerprint density at radius 1 is 1.10 bits per heavy atom. The smallest absolute Gasteiger partial charge is 0.165 e. The Hall–Kier alpha value is -2.30. The first kappa shape index (κ1) is 15.1. The summed E-state index contributed by atoms with van der Waals surface area (Å²) in [5.74, 6) is 2.94. The molecule has 0 radical (unpaired) electrons. The minimum Gasteiger partial charge on any atom is -0.497 e. The van der Waals surface area contributed by atoms with Crippen molar-refractivity contribution in [3.05, 3.63) is 29.5 Å². The lowest BCUT2D eigenvalue weighted by Crippen LogP contribution is -2.06. The molecule has 0 amide bonds. The largest absolute Gasteiger partial charge is 0.497 e. The molecule has 1 aromatic heterocycles.